The Balaban J connectivity index is 2.05. The highest BCUT2D eigenvalue weighted by molar-refractivity contribution is 14.1. The van der Waals surface area contributed by atoms with Crippen LogP contribution in [0.5, 0.6) is 0 Å². The van der Waals surface area contributed by atoms with Crippen molar-refractivity contribution in [1.82, 2.24) is 0 Å². The molecule has 8 heteroatoms. The molecule has 0 aliphatic carbocycles. The normalized spacial score (nSPS) is 11.5. The van der Waals surface area contributed by atoms with Gasteiger partial charge in [0.25, 0.3) is 0 Å². The first kappa shape index (κ1) is 18.6. The number of nitro groups is 1. The van der Waals surface area contributed by atoms with Crippen molar-refractivity contribution in [2.24, 2.45) is 15.3 Å². The van der Waals surface area contributed by atoms with Gasteiger partial charge in [0.2, 0.25) is 0 Å². The third-order valence-corrected chi connectivity index (χ3v) is 4.38. The molecule has 134 valence electrons. The maximum Gasteiger partial charge on any atom is 0.318 e. The number of halogens is 1. The largest absolute Gasteiger partial charge is 0.339 e. The molecular formula is C19H14IN5O2. The zero-order valence-corrected chi connectivity index (χ0v) is 16.2. The quantitative estimate of drug-likeness (QED) is 0.124. The van der Waals surface area contributed by atoms with E-state index >= 15 is 0 Å². The summed E-state index contributed by atoms with van der Waals surface area (Å²) in [6, 6.07) is 24.9. The maximum absolute atomic E-state index is 11.5. The van der Waals surface area contributed by atoms with Crippen LogP contribution in [0.1, 0.15) is 5.56 Å². The first-order valence-corrected chi connectivity index (χ1v) is 9.03. The Bertz CT molecular complexity index is 978. The average Bonchev–Trinajstić information content (AvgIpc) is 2.70. The zero-order chi connectivity index (χ0) is 19.1. The minimum atomic E-state index is -0.597. The van der Waals surface area contributed by atoms with Crippen LogP contribution in [0.25, 0.3) is 0 Å². The molecule has 0 fully saturated rings. The average molecular weight is 471 g/mol. The van der Waals surface area contributed by atoms with E-state index in [-0.39, 0.29) is 5.84 Å². The Morgan fingerprint density at radius 3 is 2.11 bits per heavy atom. The number of para-hydroxylation sites is 1. The van der Waals surface area contributed by atoms with Crippen LogP contribution in [0.4, 0.5) is 11.4 Å². The number of azo groups is 1. The van der Waals surface area contributed by atoms with Gasteiger partial charge in [0, 0.05) is 14.3 Å². The number of nitrogens with zero attached hydrogens (tertiary/aromatic N) is 5. The van der Waals surface area contributed by atoms with Crippen molar-refractivity contribution in [3.8, 4) is 0 Å². The van der Waals surface area contributed by atoms with Crippen LogP contribution in [0.15, 0.2) is 100 Å². The molecule has 0 aromatic heterocycles. The molecule has 0 aliphatic rings. The molecule has 0 N–H and O–H groups in total. The summed E-state index contributed by atoms with van der Waals surface area (Å²) in [6.07, 6.45) is 0. The summed E-state index contributed by atoms with van der Waals surface area (Å²) in [7, 11) is 0. The number of anilines is 1. The summed E-state index contributed by atoms with van der Waals surface area (Å²) in [5, 5.41) is 24.2. The first-order chi connectivity index (χ1) is 13.1. The topological polar surface area (TPSA) is 83.5 Å². The molecule has 0 atom stereocenters. The molecule has 27 heavy (non-hydrogen) atoms. The van der Waals surface area contributed by atoms with Crippen molar-refractivity contribution >= 4 is 39.8 Å². The monoisotopic (exact) mass is 471 g/mol. The third-order valence-electron chi connectivity index (χ3n) is 3.47. The summed E-state index contributed by atoms with van der Waals surface area (Å²) in [6.45, 7) is 0. The standard InChI is InChI=1S/C19H14IN5O2/c20-17-13-7-8-14-18(17)21-22-19(15-9-3-1-4-10-15)23-24(25(26)27)16-11-5-2-6-12-16/h1-14H. The summed E-state index contributed by atoms with van der Waals surface area (Å²) in [5.41, 5.74) is 1.60. The van der Waals surface area contributed by atoms with E-state index in [2.05, 4.69) is 37.9 Å². The summed E-state index contributed by atoms with van der Waals surface area (Å²) in [5.74, 6) is 0.135. The first-order valence-electron chi connectivity index (χ1n) is 7.95. The lowest BCUT2D eigenvalue weighted by Crippen LogP contribution is -2.25. The zero-order valence-electron chi connectivity index (χ0n) is 14.0. The van der Waals surface area contributed by atoms with E-state index < -0.39 is 5.03 Å². The molecular weight excluding hydrogens is 457 g/mol. The van der Waals surface area contributed by atoms with Gasteiger partial charge >= 0.3 is 5.84 Å². The van der Waals surface area contributed by atoms with Gasteiger partial charge in [0.15, 0.2) is 0 Å². The number of hydrogen-bond acceptors (Lipinski definition) is 4. The van der Waals surface area contributed by atoms with Crippen LogP contribution in [0, 0.1) is 13.7 Å². The second-order valence-corrected chi connectivity index (χ2v) is 6.47. The molecule has 3 aromatic rings. The molecule has 0 radical (unpaired) electrons. The van der Waals surface area contributed by atoms with Gasteiger partial charge in [-0.1, -0.05) is 53.6 Å². The SMILES string of the molecule is O=[N+]([O-])N(N=C(N=Nc1ccccc1I)c1ccccc1)c1ccccc1. The molecule has 0 unspecified atom stereocenters. The number of benzene rings is 3. The lowest BCUT2D eigenvalue weighted by molar-refractivity contribution is -0.495. The van der Waals surface area contributed by atoms with Crippen LogP contribution in [-0.4, -0.2) is 10.9 Å². The predicted molar refractivity (Wildman–Crippen MR) is 113 cm³/mol. The van der Waals surface area contributed by atoms with E-state index in [0.29, 0.717) is 22.1 Å². The fraction of sp³-hybridized carbons (Fsp3) is 0. The van der Waals surface area contributed by atoms with Gasteiger partial charge in [-0.25, -0.2) is 0 Å². The molecule has 0 heterocycles. The molecule has 0 saturated heterocycles. The fourth-order valence-corrected chi connectivity index (χ4v) is 2.69. The summed E-state index contributed by atoms with van der Waals surface area (Å²) >= 11 is 2.16. The van der Waals surface area contributed by atoms with Gasteiger partial charge in [-0.2, -0.15) is 0 Å². The third kappa shape index (κ3) is 4.94. The second-order valence-electron chi connectivity index (χ2n) is 5.30. The summed E-state index contributed by atoms with van der Waals surface area (Å²) in [4.78, 5) is 11.5. The van der Waals surface area contributed by atoms with Gasteiger partial charge in [0.1, 0.15) is 5.69 Å². The molecule has 3 rings (SSSR count). The Labute approximate surface area is 169 Å². The van der Waals surface area contributed by atoms with Crippen molar-refractivity contribution < 1.29 is 5.03 Å². The lowest BCUT2D eigenvalue weighted by Gasteiger charge is -2.08. The number of amidine groups is 1. The number of hydrogen-bond donors (Lipinski definition) is 0. The van der Waals surface area contributed by atoms with E-state index in [1.807, 2.05) is 42.5 Å². The van der Waals surface area contributed by atoms with E-state index in [4.69, 9.17) is 0 Å². The fourth-order valence-electron chi connectivity index (χ4n) is 2.20. The van der Waals surface area contributed by atoms with Gasteiger partial charge < -0.3 is 10.1 Å². The Hall–Kier alpha value is -3.14. The van der Waals surface area contributed by atoms with E-state index in [1.165, 1.54) is 0 Å². The molecule has 0 bridgehead atoms. The van der Waals surface area contributed by atoms with Crippen LogP contribution in [0.2, 0.25) is 0 Å². The number of hydrazine groups is 1. The van der Waals surface area contributed by atoms with Crippen molar-refractivity contribution in [3.63, 3.8) is 0 Å². The highest BCUT2D eigenvalue weighted by Gasteiger charge is 2.20. The highest BCUT2D eigenvalue weighted by atomic mass is 127. The number of rotatable bonds is 5. The Morgan fingerprint density at radius 1 is 0.889 bits per heavy atom. The van der Waals surface area contributed by atoms with Gasteiger partial charge in [0.05, 0.1) is 15.8 Å². The van der Waals surface area contributed by atoms with Gasteiger partial charge in [-0.05, 0) is 59.0 Å². The second kappa shape index (κ2) is 8.99. The molecule has 0 saturated carbocycles. The van der Waals surface area contributed by atoms with Gasteiger partial charge in [-0.3, -0.25) is 0 Å². The minimum absolute atomic E-state index is 0.135. The van der Waals surface area contributed by atoms with Crippen LogP contribution >= 0.6 is 22.6 Å². The molecule has 0 spiro atoms. The smallest absolute Gasteiger partial charge is 0.318 e. The van der Waals surface area contributed by atoms with Crippen LogP contribution in [0.3, 0.4) is 0 Å². The highest BCUT2D eigenvalue weighted by Crippen LogP contribution is 2.22. The van der Waals surface area contributed by atoms with Crippen molar-refractivity contribution in [1.29, 1.82) is 0 Å². The molecule has 3 aromatic carbocycles. The van der Waals surface area contributed by atoms with Crippen LogP contribution < -0.4 is 5.12 Å². The van der Waals surface area contributed by atoms with E-state index in [1.54, 1.807) is 42.5 Å². The predicted octanol–water partition coefficient (Wildman–Crippen LogP) is 5.44. The minimum Gasteiger partial charge on any atom is -0.339 e. The molecule has 7 nitrogen and oxygen atoms in total. The lowest BCUT2D eigenvalue weighted by atomic mass is 10.2. The molecule has 0 amide bonds. The van der Waals surface area contributed by atoms with Crippen LogP contribution in [-0.2, 0) is 0 Å². The van der Waals surface area contributed by atoms with Crippen molar-refractivity contribution in [2.75, 3.05) is 5.12 Å². The van der Waals surface area contributed by atoms with Gasteiger partial charge in [-0.15, -0.1) is 5.11 Å². The molecule has 0 aliphatic heterocycles. The van der Waals surface area contributed by atoms with Crippen molar-refractivity contribution in [3.05, 3.63) is 104 Å². The number of hydrazone groups is 1. The Morgan fingerprint density at radius 2 is 1.48 bits per heavy atom. The van der Waals surface area contributed by atoms with E-state index in [9.17, 15) is 10.1 Å². The Kier molecular flexibility index (Phi) is 6.21. The van der Waals surface area contributed by atoms with Crippen molar-refractivity contribution in [2.45, 2.75) is 0 Å². The van der Waals surface area contributed by atoms with E-state index in [0.717, 1.165) is 3.57 Å². The maximum atomic E-state index is 11.5. The summed E-state index contributed by atoms with van der Waals surface area (Å²) < 4.78 is 0.917.